The third kappa shape index (κ3) is 7.50. The molecule has 4 aliphatic heterocycles. The number of alkyl halides is 2. The van der Waals surface area contributed by atoms with Crippen molar-refractivity contribution in [2.24, 2.45) is 25.9 Å². The Morgan fingerprint density at radius 1 is 0.921 bits per heavy atom. The molecule has 1 aliphatic carbocycles. The molecule has 2 atom stereocenters. The van der Waals surface area contributed by atoms with Crippen molar-refractivity contribution in [3.63, 3.8) is 0 Å². The number of ether oxygens (including phenoxy) is 1. The average Bonchev–Trinajstić information content (AvgIpc) is 4.06. The SMILES string of the molecule is Cn1nc(C2CCC(=O)NC2=O)c2ccc(C3CCN(CC4CCN(c5ncc(F)c(Nc6cc7c8c(c(=O)n(C)c7cc6F)OCC(F)(F)C(C6CC6)N8)n5)CC4)CC3)c(F)c21. The maximum absolute atomic E-state index is 16.2. The van der Waals surface area contributed by atoms with E-state index in [4.69, 9.17) is 4.74 Å². The summed E-state index contributed by atoms with van der Waals surface area (Å²) in [7, 11) is 3.08. The largest absolute Gasteiger partial charge is 0.480 e. The molecule has 0 radical (unpaired) electrons. The van der Waals surface area contributed by atoms with Gasteiger partial charge in [-0.25, -0.2) is 26.9 Å². The zero-order chi connectivity index (χ0) is 43.9. The number of halogens is 5. The first-order valence-electron chi connectivity index (χ1n) is 21.6. The highest BCUT2D eigenvalue weighted by molar-refractivity contribution is 6.02. The van der Waals surface area contributed by atoms with Crippen LogP contribution >= 0.6 is 0 Å². The summed E-state index contributed by atoms with van der Waals surface area (Å²) < 4.78 is 85.4. The van der Waals surface area contributed by atoms with E-state index in [0.717, 1.165) is 62.1 Å². The summed E-state index contributed by atoms with van der Waals surface area (Å²) in [5, 5.41) is 13.4. The summed E-state index contributed by atoms with van der Waals surface area (Å²) in [6.07, 6.45) is 6.05. The lowest BCUT2D eigenvalue weighted by atomic mass is 9.86. The third-order valence-corrected chi connectivity index (χ3v) is 13.7. The molecule has 19 heteroatoms. The number of benzene rings is 2. The lowest BCUT2D eigenvalue weighted by molar-refractivity contribution is -0.134. The number of nitrogens with one attached hydrogen (secondary N) is 3. The first-order chi connectivity index (χ1) is 30.2. The number of anilines is 4. The third-order valence-electron chi connectivity index (χ3n) is 13.7. The van der Waals surface area contributed by atoms with E-state index in [1.165, 1.54) is 17.8 Å². The van der Waals surface area contributed by atoms with Gasteiger partial charge in [-0.3, -0.25) is 24.4 Å². The molecule has 1 saturated carbocycles. The van der Waals surface area contributed by atoms with Crippen LogP contribution < -0.4 is 31.1 Å². The van der Waals surface area contributed by atoms with Gasteiger partial charge in [0.05, 0.1) is 40.7 Å². The minimum absolute atomic E-state index is 0.0324. The van der Waals surface area contributed by atoms with E-state index >= 15 is 22.0 Å². The van der Waals surface area contributed by atoms with Crippen LogP contribution in [0.4, 0.5) is 45.1 Å². The second kappa shape index (κ2) is 15.7. The van der Waals surface area contributed by atoms with Crippen molar-refractivity contribution in [2.45, 2.75) is 75.2 Å². The van der Waals surface area contributed by atoms with Crippen molar-refractivity contribution in [1.82, 2.24) is 34.5 Å². The molecule has 3 aromatic heterocycles. The molecule has 0 spiro atoms. The number of carbonyl (C=O) groups excluding carboxylic acids is 2. The van der Waals surface area contributed by atoms with Crippen molar-refractivity contribution >= 4 is 56.8 Å². The van der Waals surface area contributed by atoms with Crippen LogP contribution in [-0.2, 0) is 23.7 Å². The number of carbonyl (C=O) groups is 2. The summed E-state index contributed by atoms with van der Waals surface area (Å²) in [5.74, 6) is -6.67. The molecular weight excluding hydrogens is 828 g/mol. The van der Waals surface area contributed by atoms with Gasteiger partial charge in [0, 0.05) is 57.0 Å². The quantitative estimate of drug-likeness (QED) is 0.121. The Morgan fingerprint density at radius 2 is 1.68 bits per heavy atom. The summed E-state index contributed by atoms with van der Waals surface area (Å²) in [4.78, 5) is 50.5. The van der Waals surface area contributed by atoms with Crippen molar-refractivity contribution in [3.8, 4) is 5.75 Å². The standard InChI is InChI=1S/C44H47F5N10O4/c1-56-32-18-29(45)31(17-28(32)36-38(42(56)62)63-21-44(48,49)39(53-36)24-3-4-24)51-40-30(46)19-50-43(54-40)59-15-9-22(10-16-59)20-58-13-11-23(12-14-58)25-5-6-26-35(55-57(2)37(26)34(25)47)27-7-8-33(60)52-41(27)61/h5-6,17-19,22-24,27,39,53H,3-4,7-16,20-21H2,1-2H3,(H,50,51,54)(H,52,60,61). The normalized spacial score (nSPS) is 22.4. The van der Waals surface area contributed by atoms with Gasteiger partial charge in [0.15, 0.2) is 24.1 Å². The van der Waals surface area contributed by atoms with E-state index in [9.17, 15) is 14.4 Å². The number of likely N-dealkylation sites (tertiary alicyclic amines) is 1. The van der Waals surface area contributed by atoms with Gasteiger partial charge < -0.3 is 29.7 Å². The Labute approximate surface area is 358 Å². The van der Waals surface area contributed by atoms with Crippen LogP contribution in [0.3, 0.4) is 0 Å². The van der Waals surface area contributed by atoms with Crippen molar-refractivity contribution in [3.05, 3.63) is 69.5 Å². The summed E-state index contributed by atoms with van der Waals surface area (Å²) >= 11 is 0. The van der Waals surface area contributed by atoms with Crippen LogP contribution in [-0.4, -0.2) is 92.3 Å². The number of nitrogens with zero attached hydrogens (tertiary/aromatic N) is 7. The number of rotatable bonds is 8. The van der Waals surface area contributed by atoms with E-state index in [1.54, 1.807) is 7.05 Å². The average molecular weight is 875 g/mol. The molecule has 3 saturated heterocycles. The van der Waals surface area contributed by atoms with E-state index in [0.29, 0.717) is 60.4 Å². The number of fused-ring (bicyclic) bond motifs is 4. The fourth-order valence-electron chi connectivity index (χ4n) is 10.0. The zero-order valence-electron chi connectivity index (χ0n) is 34.8. The van der Waals surface area contributed by atoms with E-state index in [2.05, 4.69) is 35.9 Å². The lowest BCUT2D eigenvalue weighted by Crippen LogP contribution is -2.44. The van der Waals surface area contributed by atoms with Gasteiger partial charge in [-0.1, -0.05) is 12.1 Å². The van der Waals surface area contributed by atoms with Gasteiger partial charge in [-0.2, -0.15) is 10.1 Å². The Kier molecular flexibility index (Phi) is 10.3. The Hall–Kier alpha value is -5.85. The second-order valence-corrected chi connectivity index (χ2v) is 17.8. The van der Waals surface area contributed by atoms with Gasteiger partial charge in [-0.15, -0.1) is 0 Å². The first-order valence-corrected chi connectivity index (χ1v) is 21.6. The molecule has 2 unspecified atom stereocenters. The molecule has 2 amide bonds. The van der Waals surface area contributed by atoms with Crippen LogP contribution in [0.25, 0.3) is 21.8 Å². The molecule has 2 aromatic carbocycles. The fraction of sp³-hybridized carbons (Fsp3) is 0.500. The molecule has 0 bridgehead atoms. The maximum Gasteiger partial charge on any atom is 0.301 e. The predicted octanol–water partition coefficient (Wildman–Crippen LogP) is 6.21. The highest BCUT2D eigenvalue weighted by Crippen LogP contribution is 2.46. The number of imide groups is 1. The number of aryl methyl sites for hydroxylation is 2. The number of aromatic nitrogens is 5. The van der Waals surface area contributed by atoms with Crippen molar-refractivity contribution in [2.75, 3.05) is 54.9 Å². The molecule has 7 heterocycles. The topological polar surface area (TPSA) is 152 Å². The van der Waals surface area contributed by atoms with Gasteiger partial charge in [-0.05, 0) is 87.4 Å². The summed E-state index contributed by atoms with van der Waals surface area (Å²) in [6.45, 7) is 2.77. The number of pyridine rings is 1. The van der Waals surface area contributed by atoms with Crippen LogP contribution in [0.5, 0.6) is 5.75 Å². The maximum atomic E-state index is 16.2. The summed E-state index contributed by atoms with van der Waals surface area (Å²) in [6, 6.07) is 4.85. The number of amides is 2. The summed E-state index contributed by atoms with van der Waals surface area (Å²) in [5.41, 5.74) is 0.832. The Balaban J connectivity index is 0.781. The van der Waals surface area contributed by atoms with Gasteiger partial charge >= 0.3 is 5.92 Å². The molecule has 5 aliphatic rings. The molecule has 10 rings (SSSR count). The van der Waals surface area contributed by atoms with Gasteiger partial charge in [0.25, 0.3) is 5.56 Å². The zero-order valence-corrected chi connectivity index (χ0v) is 34.8. The number of piperidine rings is 3. The van der Waals surface area contributed by atoms with E-state index < -0.39 is 47.6 Å². The molecular formula is C44H47F5N10O4. The van der Waals surface area contributed by atoms with E-state index in [-0.39, 0.29) is 69.8 Å². The number of hydrogen-bond donors (Lipinski definition) is 3. The van der Waals surface area contributed by atoms with Crippen LogP contribution in [0.1, 0.15) is 74.5 Å². The highest BCUT2D eigenvalue weighted by atomic mass is 19.3. The van der Waals surface area contributed by atoms with Crippen molar-refractivity contribution < 1.29 is 36.3 Å². The highest BCUT2D eigenvalue weighted by Gasteiger charge is 2.51. The molecule has 332 valence electrons. The first kappa shape index (κ1) is 41.2. The molecule has 3 N–H and O–H groups in total. The van der Waals surface area contributed by atoms with Gasteiger partial charge in [0.2, 0.25) is 23.5 Å². The lowest BCUT2D eigenvalue weighted by Gasteiger charge is -2.38. The Morgan fingerprint density at radius 3 is 2.41 bits per heavy atom. The predicted molar refractivity (Wildman–Crippen MR) is 224 cm³/mol. The smallest absolute Gasteiger partial charge is 0.301 e. The number of hydrogen-bond acceptors (Lipinski definition) is 11. The van der Waals surface area contributed by atoms with Gasteiger partial charge in [0.1, 0.15) is 11.3 Å². The molecule has 4 fully saturated rings. The molecule has 63 heavy (non-hydrogen) atoms. The monoisotopic (exact) mass is 874 g/mol. The molecule has 14 nitrogen and oxygen atoms in total. The van der Waals surface area contributed by atoms with Crippen molar-refractivity contribution in [1.29, 1.82) is 0 Å². The second-order valence-electron chi connectivity index (χ2n) is 17.8. The minimum atomic E-state index is -3.25. The minimum Gasteiger partial charge on any atom is -0.480 e. The Bertz CT molecular complexity index is 2720. The van der Waals surface area contributed by atoms with Crippen LogP contribution in [0, 0.1) is 29.3 Å². The van der Waals surface area contributed by atoms with Crippen LogP contribution in [0.15, 0.2) is 35.3 Å². The molecule has 5 aromatic rings. The van der Waals surface area contributed by atoms with Crippen LogP contribution in [0.2, 0.25) is 0 Å². The van der Waals surface area contributed by atoms with E-state index in [1.807, 2.05) is 17.0 Å². The fourth-order valence-corrected chi connectivity index (χ4v) is 10.0.